The highest BCUT2D eigenvalue weighted by Gasteiger charge is 2.55. The molecule has 1 N–H and O–H groups in total. The third kappa shape index (κ3) is 5.11. The number of amides is 1. The Hall–Kier alpha value is -4.31. The van der Waals surface area contributed by atoms with Crippen molar-refractivity contribution in [2.24, 2.45) is 17.8 Å². The van der Waals surface area contributed by atoms with Gasteiger partial charge in [0, 0.05) is 77.2 Å². The van der Waals surface area contributed by atoms with E-state index in [4.69, 9.17) is 28.2 Å². The minimum absolute atomic E-state index is 0.0148. The van der Waals surface area contributed by atoms with E-state index in [2.05, 4.69) is 36.9 Å². The summed E-state index contributed by atoms with van der Waals surface area (Å²) in [6.07, 6.45) is 6.91. The maximum atomic E-state index is 17.3. The molecule has 0 spiro atoms. The topological polar surface area (TPSA) is 95.0 Å². The molecule has 7 heterocycles. The number of nitrogens with one attached hydrogen (secondary N) is 1. The molecule has 1 amide bonds. The first-order valence-electron chi connectivity index (χ1n) is 18.7. The molecule has 4 aliphatic heterocycles. The third-order valence-corrected chi connectivity index (χ3v) is 13.5. The molecule has 2 aliphatic carbocycles. The summed E-state index contributed by atoms with van der Waals surface area (Å²) in [6, 6.07) is 11.5. The van der Waals surface area contributed by atoms with Crippen LogP contribution in [0.1, 0.15) is 67.7 Å². The predicted octanol–water partition coefficient (Wildman–Crippen LogP) is 8.38. The molecule has 6 aliphatic rings. The van der Waals surface area contributed by atoms with Gasteiger partial charge < -0.3 is 19.7 Å². The number of benzene rings is 2. The number of anilines is 1. The summed E-state index contributed by atoms with van der Waals surface area (Å²) in [4.78, 5) is 23.5. The SMILES string of the molecule is Cc1nc2c(F)c(-c3cccc(Cl)c3Cl)c(CCC#N)cc2c2c1cc(C1C3CC(CN(c4cnn(C(F)F)c4)C3)N1C(=O)C1CC1)n2C1C2CNC1C2. The van der Waals surface area contributed by atoms with Crippen LogP contribution in [-0.4, -0.2) is 61.9 Å². The molecule has 278 valence electrons. The molecule has 2 aromatic carbocycles. The molecule has 6 atom stereocenters. The van der Waals surface area contributed by atoms with E-state index in [0.717, 1.165) is 48.8 Å². The van der Waals surface area contributed by atoms with E-state index in [-0.39, 0.29) is 58.9 Å². The van der Waals surface area contributed by atoms with Crippen LogP contribution in [0.25, 0.3) is 32.9 Å². The Balaban J connectivity index is 1.20. The number of nitriles is 1. The molecule has 6 fully saturated rings. The van der Waals surface area contributed by atoms with Crippen molar-refractivity contribution < 1.29 is 18.0 Å². The molecular weight excluding hydrogens is 736 g/mol. The minimum atomic E-state index is -2.74. The number of pyridine rings is 1. The summed E-state index contributed by atoms with van der Waals surface area (Å²) in [5.74, 6) is 0.0103. The van der Waals surface area contributed by atoms with Crippen LogP contribution in [0, 0.1) is 41.8 Å². The number of alkyl halides is 2. The average Bonchev–Trinajstić information content (AvgIpc) is 3.55. The van der Waals surface area contributed by atoms with Gasteiger partial charge in [-0.3, -0.25) is 4.79 Å². The lowest BCUT2D eigenvalue weighted by atomic mass is 9.79. The molecule has 14 heteroatoms. The number of aryl methyl sites for hydroxylation is 2. The lowest BCUT2D eigenvalue weighted by Gasteiger charge is -2.40. The Bertz CT molecular complexity index is 2410. The molecule has 4 saturated heterocycles. The zero-order chi connectivity index (χ0) is 37.2. The van der Waals surface area contributed by atoms with Gasteiger partial charge in [-0.15, -0.1) is 0 Å². The molecule has 0 radical (unpaired) electrons. The minimum Gasteiger partial charge on any atom is -0.367 e. The van der Waals surface area contributed by atoms with Gasteiger partial charge in [0.05, 0.1) is 57.8 Å². The van der Waals surface area contributed by atoms with Gasteiger partial charge in [0.15, 0.2) is 5.82 Å². The van der Waals surface area contributed by atoms with Crippen molar-refractivity contribution in [1.82, 2.24) is 29.5 Å². The van der Waals surface area contributed by atoms with E-state index in [0.29, 0.717) is 68.6 Å². The van der Waals surface area contributed by atoms with Gasteiger partial charge in [0.2, 0.25) is 5.91 Å². The Morgan fingerprint density at radius 1 is 1.13 bits per heavy atom. The number of hydrogen-bond donors (Lipinski definition) is 1. The van der Waals surface area contributed by atoms with E-state index >= 15 is 4.39 Å². The number of halogens is 5. The molecule has 3 aromatic heterocycles. The molecule has 9 nitrogen and oxygen atoms in total. The first kappa shape index (κ1) is 34.2. The molecule has 4 bridgehead atoms. The van der Waals surface area contributed by atoms with E-state index < -0.39 is 12.4 Å². The second-order valence-corrected chi connectivity index (χ2v) is 16.5. The number of fused-ring (bicyclic) bond motifs is 6. The van der Waals surface area contributed by atoms with Crippen LogP contribution >= 0.6 is 23.2 Å². The van der Waals surface area contributed by atoms with Gasteiger partial charge in [0.1, 0.15) is 5.52 Å². The van der Waals surface area contributed by atoms with E-state index in [1.165, 1.54) is 12.4 Å². The zero-order valence-electron chi connectivity index (χ0n) is 29.5. The van der Waals surface area contributed by atoms with Crippen molar-refractivity contribution in [2.75, 3.05) is 24.5 Å². The molecule has 6 unspecified atom stereocenters. The summed E-state index contributed by atoms with van der Waals surface area (Å²) in [6.45, 7) is 1.15. The summed E-state index contributed by atoms with van der Waals surface area (Å²) in [7, 11) is 0. The van der Waals surface area contributed by atoms with Crippen molar-refractivity contribution in [2.45, 2.75) is 76.2 Å². The number of hydrogen-bond acceptors (Lipinski definition) is 6. The monoisotopic (exact) mass is 772 g/mol. The highest BCUT2D eigenvalue weighted by Crippen LogP contribution is 2.54. The number of likely N-dealkylation sites (tertiary alicyclic amines) is 1. The molecule has 5 aromatic rings. The first-order valence-corrected chi connectivity index (χ1v) is 19.5. The molecule has 2 saturated carbocycles. The molecule has 11 rings (SSSR count). The summed E-state index contributed by atoms with van der Waals surface area (Å²) in [5, 5.41) is 19.3. The van der Waals surface area contributed by atoms with Gasteiger partial charge in [-0.2, -0.15) is 19.1 Å². The van der Waals surface area contributed by atoms with Crippen LogP contribution in [0.5, 0.6) is 0 Å². The standard InChI is InChI=1S/C40H37Cl2F3N8O/c1-19-27-13-31(37-23-10-24(52(37)39(54)20-7-8-20)17-50(16-23)25-15-48-51(18-25)40(44)45)53(36-22-12-30(36)47-14-22)38(27)28-11-21(4-3-9-46)32(34(43)35(28)49-19)26-5-2-6-29(41)33(26)42/h2,5-6,11,13,15,18,20,22-24,30,36-37,40,47H,3-4,7-8,10,12,14,16-17H2,1H3. The van der Waals surface area contributed by atoms with Gasteiger partial charge in [0.25, 0.3) is 0 Å². The first-order chi connectivity index (χ1) is 26.1. The zero-order valence-corrected chi connectivity index (χ0v) is 31.0. The predicted molar refractivity (Wildman–Crippen MR) is 200 cm³/mol. The number of piperidine rings is 1. The summed E-state index contributed by atoms with van der Waals surface area (Å²) < 4.78 is 47.5. The van der Waals surface area contributed by atoms with Crippen molar-refractivity contribution in [3.63, 3.8) is 0 Å². The molecular formula is C40H37Cl2F3N8O. The second-order valence-electron chi connectivity index (χ2n) is 15.8. The van der Waals surface area contributed by atoms with Crippen LogP contribution in [0.4, 0.5) is 18.9 Å². The van der Waals surface area contributed by atoms with E-state index in [1.807, 2.05) is 13.0 Å². The lowest BCUT2D eigenvalue weighted by Crippen LogP contribution is -2.45. The number of rotatable bonds is 8. The summed E-state index contributed by atoms with van der Waals surface area (Å²) in [5.41, 5.74) is 4.79. The quantitative estimate of drug-likeness (QED) is 0.170. The largest absolute Gasteiger partial charge is 0.367 e. The Labute approximate surface area is 319 Å². The highest BCUT2D eigenvalue weighted by atomic mass is 35.5. The van der Waals surface area contributed by atoms with Gasteiger partial charge in [-0.25, -0.2) is 14.1 Å². The van der Waals surface area contributed by atoms with E-state index in [1.54, 1.807) is 18.2 Å². The number of nitrogens with zero attached hydrogens (tertiary/aromatic N) is 7. The van der Waals surface area contributed by atoms with E-state index in [9.17, 15) is 18.8 Å². The second kappa shape index (κ2) is 12.6. The maximum absolute atomic E-state index is 17.3. The number of aromatic nitrogens is 4. The van der Waals surface area contributed by atoms with Crippen LogP contribution in [-0.2, 0) is 11.2 Å². The Morgan fingerprint density at radius 3 is 2.67 bits per heavy atom. The fourth-order valence-electron chi connectivity index (χ4n) is 10.1. The highest BCUT2D eigenvalue weighted by molar-refractivity contribution is 6.43. The Kier molecular flexibility index (Phi) is 7.99. The van der Waals surface area contributed by atoms with Crippen LogP contribution in [0.2, 0.25) is 10.0 Å². The van der Waals surface area contributed by atoms with Gasteiger partial charge in [-0.05, 0) is 68.7 Å². The molecule has 54 heavy (non-hydrogen) atoms. The van der Waals surface area contributed by atoms with Crippen molar-refractivity contribution in [1.29, 1.82) is 5.26 Å². The average molecular weight is 774 g/mol. The normalized spacial score (nSPS) is 26.0. The number of carbonyl (C=O) groups excluding carboxylic acids is 1. The number of carbonyl (C=O) groups is 1. The lowest BCUT2D eigenvalue weighted by molar-refractivity contribution is -0.135. The Morgan fingerprint density at radius 2 is 1.96 bits per heavy atom. The van der Waals surface area contributed by atoms with Crippen LogP contribution in [0.15, 0.2) is 42.7 Å². The van der Waals surface area contributed by atoms with Gasteiger partial charge in [-0.1, -0.05) is 35.3 Å². The van der Waals surface area contributed by atoms with Crippen molar-refractivity contribution >= 4 is 56.6 Å². The van der Waals surface area contributed by atoms with Crippen molar-refractivity contribution in [3.8, 4) is 17.2 Å². The van der Waals surface area contributed by atoms with Crippen molar-refractivity contribution in [3.05, 3.63) is 75.5 Å². The smallest absolute Gasteiger partial charge is 0.333 e. The fourth-order valence-corrected chi connectivity index (χ4v) is 10.5. The van der Waals surface area contributed by atoms with Crippen LogP contribution < -0.4 is 10.2 Å². The summed E-state index contributed by atoms with van der Waals surface area (Å²) >= 11 is 13.1. The fraction of sp³-hybridized carbons (Fsp3) is 0.450. The third-order valence-electron chi connectivity index (χ3n) is 12.7. The van der Waals surface area contributed by atoms with Gasteiger partial charge >= 0.3 is 6.55 Å². The van der Waals surface area contributed by atoms with Crippen LogP contribution in [0.3, 0.4) is 0 Å². The maximum Gasteiger partial charge on any atom is 0.333 e.